The van der Waals surface area contributed by atoms with E-state index in [0.717, 1.165) is 39.0 Å². The van der Waals surface area contributed by atoms with Gasteiger partial charge in [-0.2, -0.15) is 0 Å². The maximum Gasteiger partial charge on any atom is 0.0615 e. The summed E-state index contributed by atoms with van der Waals surface area (Å²) in [6.07, 6.45) is 3.89. The first-order chi connectivity index (χ1) is 8.65. The lowest BCUT2D eigenvalue weighted by atomic mass is 9.86. The Balaban J connectivity index is 1.83. The van der Waals surface area contributed by atoms with Gasteiger partial charge in [-0.05, 0) is 33.2 Å². The van der Waals surface area contributed by atoms with Crippen molar-refractivity contribution in [2.75, 3.05) is 47.1 Å². The quantitative estimate of drug-likeness (QED) is 0.705. The largest absolute Gasteiger partial charge is 0.383 e. The Bertz CT molecular complexity index is 250. The molecule has 2 fully saturated rings. The average molecular weight is 256 g/mol. The predicted octanol–water partition coefficient (Wildman–Crippen LogP) is 1.11. The fraction of sp³-hybridized carbons (Fsp3) is 1.00. The van der Waals surface area contributed by atoms with E-state index in [-0.39, 0.29) is 0 Å². The van der Waals surface area contributed by atoms with Crippen molar-refractivity contribution in [2.24, 2.45) is 5.41 Å². The van der Waals surface area contributed by atoms with Gasteiger partial charge < -0.3 is 19.7 Å². The monoisotopic (exact) mass is 256 g/mol. The smallest absolute Gasteiger partial charge is 0.0615 e. The number of methoxy groups -OCH3 is 1. The van der Waals surface area contributed by atoms with E-state index in [9.17, 15) is 0 Å². The van der Waals surface area contributed by atoms with Gasteiger partial charge in [-0.1, -0.05) is 0 Å². The molecular formula is C14H28N2O2. The van der Waals surface area contributed by atoms with Crippen molar-refractivity contribution in [2.45, 2.75) is 38.3 Å². The molecular weight excluding hydrogens is 228 g/mol. The van der Waals surface area contributed by atoms with E-state index in [1.807, 2.05) is 0 Å². The van der Waals surface area contributed by atoms with Crippen LogP contribution >= 0.6 is 0 Å². The molecule has 1 aliphatic heterocycles. The highest BCUT2D eigenvalue weighted by molar-refractivity contribution is 4.92. The minimum Gasteiger partial charge on any atom is -0.383 e. The van der Waals surface area contributed by atoms with E-state index in [1.54, 1.807) is 7.11 Å². The molecule has 0 bridgehead atoms. The van der Waals surface area contributed by atoms with E-state index in [4.69, 9.17) is 9.47 Å². The zero-order valence-corrected chi connectivity index (χ0v) is 12.1. The van der Waals surface area contributed by atoms with Crippen LogP contribution in [0.2, 0.25) is 0 Å². The van der Waals surface area contributed by atoms with Gasteiger partial charge in [-0.15, -0.1) is 0 Å². The Kier molecular flexibility index (Phi) is 5.01. The predicted molar refractivity (Wildman–Crippen MR) is 72.9 cm³/mol. The summed E-state index contributed by atoms with van der Waals surface area (Å²) in [5.41, 5.74) is 0.305. The first-order valence-electron chi connectivity index (χ1n) is 7.15. The lowest BCUT2D eigenvalue weighted by Gasteiger charge is -2.35. The second kappa shape index (κ2) is 6.33. The topological polar surface area (TPSA) is 33.7 Å². The number of nitrogens with one attached hydrogen (secondary N) is 1. The summed E-state index contributed by atoms with van der Waals surface area (Å²) >= 11 is 0. The first kappa shape index (κ1) is 14.3. The van der Waals surface area contributed by atoms with Crippen molar-refractivity contribution in [3.63, 3.8) is 0 Å². The summed E-state index contributed by atoms with van der Waals surface area (Å²) in [4.78, 5) is 2.41. The van der Waals surface area contributed by atoms with E-state index < -0.39 is 0 Å². The zero-order valence-electron chi connectivity index (χ0n) is 12.1. The molecule has 0 aromatic carbocycles. The van der Waals surface area contributed by atoms with Gasteiger partial charge in [0.1, 0.15) is 0 Å². The SMILES string of the molecule is COCC(C)N(C)CC1(CNC2CC2)CCOC1. The second-order valence-corrected chi connectivity index (χ2v) is 6.18. The Hall–Kier alpha value is -0.160. The van der Waals surface area contributed by atoms with Crippen LogP contribution in [0.15, 0.2) is 0 Å². The number of hydrogen-bond acceptors (Lipinski definition) is 4. The van der Waals surface area contributed by atoms with Gasteiger partial charge in [0.15, 0.2) is 0 Å². The molecule has 18 heavy (non-hydrogen) atoms. The van der Waals surface area contributed by atoms with E-state index >= 15 is 0 Å². The second-order valence-electron chi connectivity index (χ2n) is 6.18. The molecule has 2 rings (SSSR count). The molecule has 4 heteroatoms. The fourth-order valence-electron chi connectivity index (χ4n) is 2.67. The lowest BCUT2D eigenvalue weighted by molar-refractivity contribution is 0.0695. The average Bonchev–Trinajstić information content (AvgIpc) is 3.08. The summed E-state index contributed by atoms with van der Waals surface area (Å²) in [6, 6.07) is 1.25. The fourth-order valence-corrected chi connectivity index (χ4v) is 2.67. The number of nitrogens with zero attached hydrogens (tertiary/aromatic N) is 1. The summed E-state index contributed by atoms with van der Waals surface area (Å²) in [5, 5.41) is 3.68. The normalized spacial score (nSPS) is 30.0. The molecule has 0 aromatic heterocycles. The van der Waals surface area contributed by atoms with Crippen LogP contribution in [-0.4, -0.2) is 64.1 Å². The molecule has 2 unspecified atom stereocenters. The molecule has 4 nitrogen and oxygen atoms in total. The summed E-state index contributed by atoms with van der Waals surface area (Å²) in [7, 11) is 3.97. The van der Waals surface area contributed by atoms with Gasteiger partial charge in [0.05, 0.1) is 13.2 Å². The van der Waals surface area contributed by atoms with Crippen LogP contribution in [0.25, 0.3) is 0 Å². The van der Waals surface area contributed by atoms with E-state index in [1.165, 1.54) is 19.3 Å². The standard InChI is InChI=1S/C14H28N2O2/c1-12(8-17-3)16(2)10-14(6-7-18-11-14)9-15-13-4-5-13/h12-13,15H,4-11H2,1-3H3. The van der Waals surface area contributed by atoms with Crippen LogP contribution in [-0.2, 0) is 9.47 Å². The molecule has 2 aliphatic rings. The third kappa shape index (κ3) is 3.92. The summed E-state index contributed by atoms with van der Waals surface area (Å²) in [5.74, 6) is 0. The molecule has 1 N–H and O–H groups in total. The van der Waals surface area contributed by atoms with Crippen LogP contribution < -0.4 is 5.32 Å². The molecule has 1 saturated carbocycles. The number of likely N-dealkylation sites (N-methyl/N-ethyl adjacent to an activating group) is 1. The van der Waals surface area contributed by atoms with Gasteiger partial charge in [-0.3, -0.25) is 0 Å². The van der Waals surface area contributed by atoms with E-state index in [0.29, 0.717) is 11.5 Å². The Morgan fingerprint density at radius 3 is 2.83 bits per heavy atom. The molecule has 106 valence electrons. The van der Waals surface area contributed by atoms with Crippen molar-refractivity contribution in [1.82, 2.24) is 10.2 Å². The number of ether oxygens (including phenoxy) is 2. The summed E-state index contributed by atoms with van der Waals surface area (Å²) in [6.45, 7) is 7.03. The zero-order chi connectivity index (χ0) is 13.0. The molecule has 0 spiro atoms. The van der Waals surface area contributed by atoms with Crippen LogP contribution in [0, 0.1) is 5.41 Å². The van der Waals surface area contributed by atoms with Gasteiger partial charge in [0.25, 0.3) is 0 Å². The first-order valence-corrected chi connectivity index (χ1v) is 7.15. The van der Waals surface area contributed by atoms with Crippen molar-refractivity contribution in [3.8, 4) is 0 Å². The molecule has 0 amide bonds. The van der Waals surface area contributed by atoms with Crippen molar-refractivity contribution in [3.05, 3.63) is 0 Å². The van der Waals surface area contributed by atoms with Crippen molar-refractivity contribution in [1.29, 1.82) is 0 Å². The molecule has 1 saturated heterocycles. The molecule has 1 aliphatic carbocycles. The third-order valence-corrected chi connectivity index (χ3v) is 4.27. The highest BCUT2D eigenvalue weighted by Gasteiger charge is 2.38. The molecule has 0 radical (unpaired) electrons. The Morgan fingerprint density at radius 1 is 1.50 bits per heavy atom. The third-order valence-electron chi connectivity index (χ3n) is 4.27. The minimum atomic E-state index is 0.305. The highest BCUT2D eigenvalue weighted by atomic mass is 16.5. The van der Waals surface area contributed by atoms with Crippen molar-refractivity contribution < 1.29 is 9.47 Å². The maximum atomic E-state index is 5.66. The van der Waals surface area contributed by atoms with Crippen LogP contribution in [0.1, 0.15) is 26.2 Å². The Morgan fingerprint density at radius 2 is 2.28 bits per heavy atom. The number of rotatable bonds is 8. The maximum absolute atomic E-state index is 5.66. The van der Waals surface area contributed by atoms with Gasteiger partial charge >= 0.3 is 0 Å². The van der Waals surface area contributed by atoms with Gasteiger partial charge in [-0.25, -0.2) is 0 Å². The van der Waals surface area contributed by atoms with Gasteiger partial charge in [0, 0.05) is 44.3 Å². The highest BCUT2D eigenvalue weighted by Crippen LogP contribution is 2.31. The molecule has 0 aromatic rings. The minimum absolute atomic E-state index is 0.305. The molecule has 1 heterocycles. The lowest BCUT2D eigenvalue weighted by Crippen LogP contribution is -2.47. The van der Waals surface area contributed by atoms with Gasteiger partial charge in [0.2, 0.25) is 0 Å². The van der Waals surface area contributed by atoms with Crippen LogP contribution in [0.5, 0.6) is 0 Å². The molecule has 2 atom stereocenters. The van der Waals surface area contributed by atoms with Crippen LogP contribution in [0.3, 0.4) is 0 Å². The van der Waals surface area contributed by atoms with Crippen molar-refractivity contribution >= 4 is 0 Å². The number of hydrogen-bond donors (Lipinski definition) is 1. The van der Waals surface area contributed by atoms with E-state index in [2.05, 4.69) is 24.2 Å². The van der Waals surface area contributed by atoms with Crippen LogP contribution in [0.4, 0.5) is 0 Å². The summed E-state index contributed by atoms with van der Waals surface area (Å²) < 4.78 is 10.9. The Labute approximate surface area is 111 Å².